The van der Waals surface area contributed by atoms with Crippen LogP contribution in [0.1, 0.15) is 12.0 Å². The molecule has 0 radical (unpaired) electrons. The van der Waals surface area contributed by atoms with E-state index in [1.165, 1.54) is 18.0 Å². The summed E-state index contributed by atoms with van der Waals surface area (Å²) in [5.41, 5.74) is 3.29. The van der Waals surface area contributed by atoms with E-state index >= 15 is 0 Å². The van der Waals surface area contributed by atoms with E-state index in [4.69, 9.17) is 9.84 Å². The number of rotatable bonds is 9. The summed E-state index contributed by atoms with van der Waals surface area (Å²) in [6.07, 6.45) is 3.26. The van der Waals surface area contributed by atoms with Gasteiger partial charge in [0.25, 0.3) is 0 Å². The van der Waals surface area contributed by atoms with Crippen molar-refractivity contribution in [3.8, 4) is 22.8 Å². The monoisotopic (exact) mass is 446 g/mol. The molecule has 0 aliphatic carbocycles. The van der Waals surface area contributed by atoms with Crippen molar-refractivity contribution in [1.82, 2.24) is 24.9 Å². The van der Waals surface area contributed by atoms with Crippen LogP contribution >= 0.6 is 0 Å². The molecule has 2 aromatic heterocycles. The fourth-order valence-electron chi connectivity index (χ4n) is 3.37. The number of aryl methyl sites for hydroxylation is 1. The van der Waals surface area contributed by atoms with E-state index in [9.17, 15) is 14.9 Å². The SMILES string of the molecule is COc1nn(CCC(=O)NCc2cn(-c3ccccc3)nc2-c2ccccc2)cc1[N+](=O)[O-]. The summed E-state index contributed by atoms with van der Waals surface area (Å²) in [7, 11) is 1.31. The van der Waals surface area contributed by atoms with Crippen molar-refractivity contribution < 1.29 is 14.5 Å². The smallest absolute Gasteiger partial charge is 0.350 e. The highest BCUT2D eigenvalue weighted by Gasteiger charge is 2.20. The summed E-state index contributed by atoms with van der Waals surface area (Å²) in [4.78, 5) is 22.9. The molecule has 0 aliphatic heterocycles. The van der Waals surface area contributed by atoms with Crippen LogP contribution < -0.4 is 10.1 Å². The molecule has 33 heavy (non-hydrogen) atoms. The Kier molecular flexibility index (Phi) is 6.44. The molecule has 10 heteroatoms. The van der Waals surface area contributed by atoms with Crippen LogP contribution in [0.4, 0.5) is 5.69 Å². The largest absolute Gasteiger partial charge is 0.475 e. The van der Waals surface area contributed by atoms with Gasteiger partial charge in [-0.15, -0.1) is 5.10 Å². The fraction of sp³-hybridized carbons (Fsp3) is 0.174. The first-order chi connectivity index (χ1) is 16.0. The third-order valence-electron chi connectivity index (χ3n) is 5.00. The zero-order valence-corrected chi connectivity index (χ0v) is 17.9. The number of carbonyl (C=O) groups excluding carboxylic acids is 1. The van der Waals surface area contributed by atoms with Gasteiger partial charge >= 0.3 is 11.6 Å². The van der Waals surface area contributed by atoms with Crippen LogP contribution in [0.2, 0.25) is 0 Å². The highest BCUT2D eigenvalue weighted by atomic mass is 16.6. The van der Waals surface area contributed by atoms with Gasteiger partial charge in [0.15, 0.2) is 0 Å². The minimum Gasteiger partial charge on any atom is -0.475 e. The van der Waals surface area contributed by atoms with Crippen molar-refractivity contribution in [2.45, 2.75) is 19.5 Å². The van der Waals surface area contributed by atoms with Crippen LogP contribution in [0.15, 0.2) is 73.1 Å². The Bertz CT molecular complexity index is 1250. The second kappa shape index (κ2) is 9.77. The number of hydrogen-bond donors (Lipinski definition) is 1. The number of nitrogens with one attached hydrogen (secondary N) is 1. The molecule has 10 nitrogen and oxygen atoms in total. The Labute approximate surface area is 189 Å². The molecular formula is C23H22N6O4. The topological polar surface area (TPSA) is 117 Å². The number of para-hydroxylation sites is 1. The van der Waals surface area contributed by atoms with Crippen LogP contribution in [-0.2, 0) is 17.9 Å². The van der Waals surface area contributed by atoms with Crippen LogP contribution in [0.5, 0.6) is 5.88 Å². The van der Waals surface area contributed by atoms with Crippen molar-refractivity contribution in [2.75, 3.05) is 7.11 Å². The van der Waals surface area contributed by atoms with Crippen LogP contribution in [0, 0.1) is 10.1 Å². The van der Waals surface area contributed by atoms with Crippen molar-refractivity contribution in [3.63, 3.8) is 0 Å². The van der Waals surface area contributed by atoms with Crippen LogP contribution in [0.25, 0.3) is 16.9 Å². The average Bonchev–Trinajstić information content (AvgIpc) is 3.47. The molecule has 0 saturated carbocycles. The van der Waals surface area contributed by atoms with Gasteiger partial charge in [0, 0.05) is 30.3 Å². The molecule has 4 rings (SSSR count). The number of amides is 1. The van der Waals surface area contributed by atoms with Crippen LogP contribution in [-0.4, -0.2) is 37.5 Å². The first-order valence-electron chi connectivity index (χ1n) is 10.3. The van der Waals surface area contributed by atoms with Gasteiger partial charge in [-0.3, -0.25) is 19.6 Å². The predicted octanol–water partition coefficient (Wildman–Crippen LogP) is 3.36. The standard InChI is InChI=1S/C23H22N6O4/c1-33-23-20(29(31)32)16-27(26-23)13-12-21(30)24-14-18-15-28(19-10-6-3-7-11-19)25-22(18)17-8-4-2-5-9-17/h2-11,15-16H,12-14H2,1H3,(H,24,30). The van der Waals surface area contributed by atoms with Gasteiger partial charge < -0.3 is 10.1 Å². The summed E-state index contributed by atoms with van der Waals surface area (Å²) < 4.78 is 8.03. The number of carbonyl (C=O) groups is 1. The third kappa shape index (κ3) is 5.06. The summed E-state index contributed by atoms with van der Waals surface area (Å²) in [6.45, 7) is 0.476. The number of ether oxygens (including phenoxy) is 1. The maximum atomic E-state index is 12.5. The molecule has 2 aromatic carbocycles. The van der Waals surface area contributed by atoms with Gasteiger partial charge in [-0.05, 0) is 12.1 Å². The molecule has 0 fully saturated rings. The third-order valence-corrected chi connectivity index (χ3v) is 5.00. The van der Waals surface area contributed by atoms with Crippen molar-refractivity contribution in [2.24, 2.45) is 0 Å². The predicted molar refractivity (Wildman–Crippen MR) is 121 cm³/mol. The summed E-state index contributed by atoms with van der Waals surface area (Å²) in [6, 6.07) is 19.5. The molecule has 2 heterocycles. The maximum Gasteiger partial charge on any atom is 0.350 e. The second-order valence-corrected chi connectivity index (χ2v) is 7.22. The van der Waals surface area contributed by atoms with E-state index in [1.54, 1.807) is 4.68 Å². The van der Waals surface area contributed by atoms with Crippen molar-refractivity contribution in [3.05, 3.63) is 88.7 Å². The first kappa shape index (κ1) is 21.8. The zero-order valence-electron chi connectivity index (χ0n) is 17.9. The Hall–Kier alpha value is -4.47. The van der Waals surface area contributed by atoms with E-state index in [1.807, 2.05) is 66.9 Å². The van der Waals surface area contributed by atoms with E-state index < -0.39 is 4.92 Å². The first-order valence-corrected chi connectivity index (χ1v) is 10.3. The Morgan fingerprint density at radius 1 is 1.06 bits per heavy atom. The van der Waals surface area contributed by atoms with Gasteiger partial charge in [0.1, 0.15) is 6.20 Å². The highest BCUT2D eigenvalue weighted by molar-refractivity contribution is 5.76. The lowest BCUT2D eigenvalue weighted by atomic mass is 10.1. The summed E-state index contributed by atoms with van der Waals surface area (Å²) >= 11 is 0. The second-order valence-electron chi connectivity index (χ2n) is 7.22. The normalized spacial score (nSPS) is 10.7. The molecule has 0 unspecified atom stereocenters. The lowest BCUT2D eigenvalue weighted by Crippen LogP contribution is -2.24. The Morgan fingerprint density at radius 3 is 2.39 bits per heavy atom. The Morgan fingerprint density at radius 2 is 1.76 bits per heavy atom. The van der Waals surface area contributed by atoms with Gasteiger partial charge in [0.2, 0.25) is 5.91 Å². The summed E-state index contributed by atoms with van der Waals surface area (Å²) in [5, 5.41) is 22.7. The van der Waals surface area contributed by atoms with E-state index in [0.717, 1.165) is 22.5 Å². The number of nitro groups is 1. The van der Waals surface area contributed by atoms with Crippen LogP contribution in [0.3, 0.4) is 0 Å². The lowest BCUT2D eigenvalue weighted by Gasteiger charge is -2.06. The molecule has 1 N–H and O–H groups in total. The molecule has 0 aliphatic rings. The molecule has 168 valence electrons. The van der Waals surface area contributed by atoms with E-state index in [-0.39, 0.29) is 30.4 Å². The van der Waals surface area contributed by atoms with Gasteiger partial charge in [-0.2, -0.15) is 5.10 Å². The molecule has 4 aromatic rings. The van der Waals surface area contributed by atoms with Gasteiger partial charge in [-0.1, -0.05) is 48.5 Å². The number of aromatic nitrogens is 4. The molecule has 0 atom stereocenters. The molecule has 0 bridgehead atoms. The quantitative estimate of drug-likeness (QED) is 0.311. The number of nitrogens with zero attached hydrogens (tertiary/aromatic N) is 5. The molecule has 0 saturated heterocycles. The number of methoxy groups -OCH3 is 1. The Balaban J connectivity index is 1.45. The van der Waals surface area contributed by atoms with Crippen molar-refractivity contribution >= 4 is 11.6 Å². The number of benzene rings is 2. The average molecular weight is 446 g/mol. The molecule has 1 amide bonds. The van der Waals surface area contributed by atoms with Crippen molar-refractivity contribution in [1.29, 1.82) is 0 Å². The zero-order chi connectivity index (χ0) is 23.2. The maximum absolute atomic E-state index is 12.5. The summed E-state index contributed by atoms with van der Waals surface area (Å²) in [5.74, 6) is -0.292. The van der Waals surface area contributed by atoms with Gasteiger partial charge in [0.05, 0.1) is 30.0 Å². The lowest BCUT2D eigenvalue weighted by molar-refractivity contribution is -0.385. The fourth-order valence-corrected chi connectivity index (χ4v) is 3.37. The van der Waals surface area contributed by atoms with Gasteiger partial charge in [-0.25, -0.2) is 4.68 Å². The minimum absolute atomic E-state index is 0.0822. The molecular weight excluding hydrogens is 424 g/mol. The van der Waals surface area contributed by atoms with E-state index in [2.05, 4.69) is 10.4 Å². The highest BCUT2D eigenvalue weighted by Crippen LogP contribution is 2.25. The molecule has 0 spiro atoms. The van der Waals surface area contributed by atoms with E-state index in [0.29, 0.717) is 6.54 Å². The minimum atomic E-state index is -0.572. The number of hydrogen-bond acceptors (Lipinski definition) is 6.